The van der Waals surface area contributed by atoms with Crippen molar-refractivity contribution in [2.45, 2.75) is 0 Å². The van der Waals surface area contributed by atoms with Gasteiger partial charge in [-0.15, -0.1) is 37.2 Å². The van der Waals surface area contributed by atoms with Gasteiger partial charge in [-0.05, 0) is 0 Å². The molecule has 0 saturated carbocycles. The zero-order valence-corrected chi connectivity index (χ0v) is 6.35. The standard InChI is InChI=1S/3ClH.H3N.Rh/h3*1H;1H3;. The molecule has 0 aliphatic carbocycles. The van der Waals surface area contributed by atoms with Crippen molar-refractivity contribution in [3.05, 3.63) is 0 Å². The van der Waals surface area contributed by atoms with Crippen molar-refractivity contribution < 1.29 is 19.5 Å². The average molecular weight is 229 g/mol. The molecule has 0 amide bonds. The van der Waals surface area contributed by atoms with Crippen LogP contribution in [0.4, 0.5) is 0 Å². The summed E-state index contributed by atoms with van der Waals surface area (Å²) in [4.78, 5) is 0. The van der Waals surface area contributed by atoms with E-state index in [2.05, 4.69) is 0 Å². The molecule has 0 aromatic carbocycles. The van der Waals surface area contributed by atoms with Crippen LogP contribution in [-0.4, -0.2) is 0 Å². The van der Waals surface area contributed by atoms with Crippen molar-refractivity contribution in [1.82, 2.24) is 6.15 Å². The molecule has 1 nitrogen and oxygen atoms in total. The van der Waals surface area contributed by atoms with Crippen LogP contribution in [-0.2, 0) is 19.5 Å². The molecule has 0 aromatic rings. The molecule has 1 radical (unpaired) electrons. The summed E-state index contributed by atoms with van der Waals surface area (Å²) in [5, 5.41) is 0. The smallest absolute Gasteiger partial charge is 0 e. The largest absolute Gasteiger partial charge is 0.344 e. The van der Waals surface area contributed by atoms with E-state index in [0.717, 1.165) is 0 Å². The summed E-state index contributed by atoms with van der Waals surface area (Å²) in [6, 6.07) is 0. The second kappa shape index (κ2) is 51.2. The topological polar surface area (TPSA) is 35.0 Å². The summed E-state index contributed by atoms with van der Waals surface area (Å²) in [6.45, 7) is 0. The Morgan fingerprint density at radius 1 is 0.600 bits per heavy atom. The molecule has 0 saturated heterocycles. The van der Waals surface area contributed by atoms with E-state index in [1.807, 2.05) is 0 Å². The van der Waals surface area contributed by atoms with Gasteiger partial charge >= 0.3 is 0 Å². The average Bonchev–Trinajstić information content (AvgIpc) is 0. The summed E-state index contributed by atoms with van der Waals surface area (Å²) in [5.74, 6) is 0. The molecule has 41 valence electrons. The Kier molecular flexibility index (Phi) is 930. The Morgan fingerprint density at radius 3 is 0.600 bits per heavy atom. The molecule has 0 unspecified atom stereocenters. The molecular weight excluding hydrogens is 223 g/mol. The van der Waals surface area contributed by atoms with Gasteiger partial charge in [0.25, 0.3) is 0 Å². The van der Waals surface area contributed by atoms with Crippen LogP contribution in [0.5, 0.6) is 0 Å². The van der Waals surface area contributed by atoms with Gasteiger partial charge in [0.05, 0.1) is 0 Å². The molecule has 0 rings (SSSR count). The fourth-order valence-electron chi connectivity index (χ4n) is 0. The monoisotopic (exact) mass is 228 g/mol. The van der Waals surface area contributed by atoms with Crippen molar-refractivity contribution in [1.29, 1.82) is 0 Å². The van der Waals surface area contributed by atoms with Crippen molar-refractivity contribution in [2.24, 2.45) is 0 Å². The van der Waals surface area contributed by atoms with Gasteiger partial charge in [-0.1, -0.05) is 0 Å². The van der Waals surface area contributed by atoms with Crippen LogP contribution in [0.1, 0.15) is 0 Å². The maximum absolute atomic E-state index is 0. The van der Waals surface area contributed by atoms with E-state index in [0.29, 0.717) is 0 Å². The summed E-state index contributed by atoms with van der Waals surface area (Å²) in [6.07, 6.45) is 0. The van der Waals surface area contributed by atoms with Gasteiger partial charge in [0.2, 0.25) is 0 Å². The van der Waals surface area contributed by atoms with Crippen LogP contribution >= 0.6 is 37.2 Å². The summed E-state index contributed by atoms with van der Waals surface area (Å²) < 4.78 is 0. The SMILES string of the molecule is Cl.Cl.Cl.N.[Rh]. The fraction of sp³-hybridized carbons (Fsp3) is 0. The molecule has 0 atom stereocenters. The number of rotatable bonds is 0. The van der Waals surface area contributed by atoms with Gasteiger partial charge in [0.15, 0.2) is 0 Å². The zero-order chi connectivity index (χ0) is 0. The molecule has 0 aliphatic heterocycles. The molecule has 3 N–H and O–H groups in total. The molecule has 5 heavy (non-hydrogen) atoms. The first-order chi connectivity index (χ1) is 0. The third-order valence-corrected chi connectivity index (χ3v) is 0. The normalized spacial score (nSPS) is 0. The molecule has 0 heterocycles. The first-order valence-electron chi connectivity index (χ1n) is 0. The van der Waals surface area contributed by atoms with E-state index in [4.69, 9.17) is 0 Å². The molecule has 0 bridgehead atoms. The van der Waals surface area contributed by atoms with Crippen molar-refractivity contribution in [3.8, 4) is 0 Å². The first-order valence-corrected chi connectivity index (χ1v) is 0. The van der Waals surface area contributed by atoms with E-state index >= 15 is 0 Å². The Bertz CT molecular complexity index is 6.85. The van der Waals surface area contributed by atoms with Crippen LogP contribution in [0.25, 0.3) is 0 Å². The number of hydrogen-bond donors (Lipinski definition) is 1. The third-order valence-electron chi connectivity index (χ3n) is 0. The number of hydrogen-bond acceptors (Lipinski definition) is 1. The quantitative estimate of drug-likeness (QED) is 0.626. The van der Waals surface area contributed by atoms with E-state index < -0.39 is 0 Å². The second-order valence-electron chi connectivity index (χ2n) is 0. The Hall–Kier alpha value is 1.45. The summed E-state index contributed by atoms with van der Waals surface area (Å²) in [7, 11) is 0. The molecular formula is H6Cl3NRh. The molecule has 5 heteroatoms. The van der Waals surface area contributed by atoms with Crippen molar-refractivity contribution in [3.63, 3.8) is 0 Å². The Morgan fingerprint density at radius 2 is 0.600 bits per heavy atom. The minimum Gasteiger partial charge on any atom is -0.344 e. The van der Waals surface area contributed by atoms with Crippen molar-refractivity contribution in [2.75, 3.05) is 0 Å². The van der Waals surface area contributed by atoms with Crippen LogP contribution < -0.4 is 6.15 Å². The minimum absolute atomic E-state index is 0. The summed E-state index contributed by atoms with van der Waals surface area (Å²) >= 11 is 0. The molecule has 0 aromatic heterocycles. The minimum atomic E-state index is 0. The fourth-order valence-corrected chi connectivity index (χ4v) is 0. The number of halogens is 3. The Labute approximate surface area is 62.8 Å². The molecule has 0 aliphatic rings. The van der Waals surface area contributed by atoms with E-state index in [9.17, 15) is 0 Å². The van der Waals surface area contributed by atoms with Crippen molar-refractivity contribution >= 4 is 37.2 Å². The van der Waals surface area contributed by atoms with Crippen LogP contribution in [0.15, 0.2) is 0 Å². The first kappa shape index (κ1) is 90.9. The van der Waals surface area contributed by atoms with Gasteiger partial charge in [-0.3, -0.25) is 0 Å². The van der Waals surface area contributed by atoms with Gasteiger partial charge in [0.1, 0.15) is 0 Å². The van der Waals surface area contributed by atoms with E-state index in [-0.39, 0.29) is 62.8 Å². The predicted molar refractivity (Wildman–Crippen MR) is 26.8 cm³/mol. The maximum atomic E-state index is 0. The summed E-state index contributed by atoms with van der Waals surface area (Å²) in [5.41, 5.74) is 0. The molecule has 0 fully saturated rings. The van der Waals surface area contributed by atoms with E-state index in [1.165, 1.54) is 0 Å². The second-order valence-corrected chi connectivity index (χ2v) is 0. The predicted octanol–water partition coefficient (Wildman–Crippen LogP) is 1.42. The van der Waals surface area contributed by atoms with Gasteiger partial charge < -0.3 is 6.15 Å². The van der Waals surface area contributed by atoms with Gasteiger partial charge in [-0.25, -0.2) is 0 Å². The molecule has 0 spiro atoms. The Balaban J connectivity index is 0. The van der Waals surface area contributed by atoms with Gasteiger partial charge in [-0.2, -0.15) is 0 Å². The van der Waals surface area contributed by atoms with Gasteiger partial charge in [0, 0.05) is 19.5 Å². The third kappa shape index (κ3) is 30.8. The van der Waals surface area contributed by atoms with Crippen LogP contribution in [0, 0.1) is 0 Å². The van der Waals surface area contributed by atoms with E-state index in [1.54, 1.807) is 0 Å². The van der Waals surface area contributed by atoms with Crippen LogP contribution in [0.2, 0.25) is 0 Å². The maximum Gasteiger partial charge on any atom is 0 e. The zero-order valence-electron chi connectivity index (χ0n) is 2.27. The van der Waals surface area contributed by atoms with Crippen LogP contribution in [0.3, 0.4) is 0 Å².